The van der Waals surface area contributed by atoms with Crippen molar-refractivity contribution in [3.05, 3.63) is 50.4 Å². The van der Waals surface area contributed by atoms with Crippen LogP contribution in [0.15, 0.2) is 16.9 Å². The molecule has 3 aromatic rings. The third-order valence-electron chi connectivity index (χ3n) is 5.91. The Hall–Kier alpha value is -3.13. The molecule has 1 saturated heterocycles. The lowest BCUT2D eigenvalue weighted by Crippen LogP contribution is -2.55. The van der Waals surface area contributed by atoms with Gasteiger partial charge in [-0.25, -0.2) is 14.8 Å². The number of esters is 1. The summed E-state index contributed by atoms with van der Waals surface area (Å²) in [7, 11) is 1.55. The van der Waals surface area contributed by atoms with Crippen LogP contribution in [0.2, 0.25) is 10.0 Å². The summed E-state index contributed by atoms with van der Waals surface area (Å²) in [6.07, 6.45) is 2.96. The van der Waals surface area contributed by atoms with Gasteiger partial charge in [0.25, 0.3) is 11.8 Å². The highest BCUT2D eigenvalue weighted by Crippen LogP contribution is 2.31. The van der Waals surface area contributed by atoms with E-state index in [9.17, 15) is 14.4 Å². The number of hydrogen-bond donors (Lipinski definition) is 3. The minimum Gasteiger partial charge on any atom is -0.462 e. The van der Waals surface area contributed by atoms with E-state index in [1.165, 1.54) is 12.5 Å². The molecule has 0 aliphatic carbocycles. The number of carbonyl (C=O) groups is 3. The second-order valence-electron chi connectivity index (χ2n) is 8.34. The lowest BCUT2D eigenvalue weighted by Gasteiger charge is -2.37. The number of anilines is 1. The van der Waals surface area contributed by atoms with Gasteiger partial charge in [-0.1, -0.05) is 34.5 Å². The zero-order valence-electron chi connectivity index (χ0n) is 20.8. The Labute approximate surface area is 232 Å². The number of oxazole rings is 1. The van der Waals surface area contributed by atoms with Gasteiger partial charge in [-0.2, -0.15) is 0 Å². The molecule has 0 aromatic carbocycles. The Morgan fingerprint density at radius 1 is 1.29 bits per heavy atom. The number of thiazole rings is 1. The molecule has 38 heavy (non-hydrogen) atoms. The highest BCUT2D eigenvalue weighted by molar-refractivity contribution is 7.17. The van der Waals surface area contributed by atoms with Crippen molar-refractivity contribution in [2.45, 2.75) is 39.0 Å². The second-order valence-corrected chi connectivity index (χ2v) is 10.1. The van der Waals surface area contributed by atoms with E-state index in [1.807, 2.05) is 4.90 Å². The van der Waals surface area contributed by atoms with Crippen LogP contribution >= 0.6 is 34.5 Å². The van der Waals surface area contributed by atoms with Gasteiger partial charge in [0.1, 0.15) is 16.8 Å². The average Bonchev–Trinajstić information content (AvgIpc) is 3.65. The fourth-order valence-electron chi connectivity index (χ4n) is 3.98. The minimum absolute atomic E-state index is 0.0351. The van der Waals surface area contributed by atoms with E-state index in [4.69, 9.17) is 37.1 Å². The monoisotopic (exact) mass is 584 g/mol. The van der Waals surface area contributed by atoms with Crippen LogP contribution in [0.5, 0.6) is 0 Å². The molecule has 1 aliphatic heterocycles. The van der Waals surface area contributed by atoms with Gasteiger partial charge in [0.2, 0.25) is 5.89 Å². The van der Waals surface area contributed by atoms with Crippen LogP contribution in [0, 0.1) is 6.92 Å². The fraction of sp³-hybridized carbons (Fsp3) is 0.435. The van der Waals surface area contributed by atoms with Gasteiger partial charge in [-0.15, -0.1) is 0 Å². The van der Waals surface area contributed by atoms with E-state index in [-0.39, 0.29) is 40.5 Å². The standard InChI is InChI=1S/C23H26Cl2N6O6S/c1-4-36-22(34)19-18(20(32)27-9-14-26-6-8-37-14)30-23(38-19)31-7-5-12(13(10-31)35-3)29-21(33)17-16(25)15(24)11(2)28-17/h6,8,12-13,28H,4-5,7,9-10H2,1-3H3,(H,27,32)(H,29,33)/t12-,13+/m1/s1. The normalized spacial score (nSPS) is 17.3. The molecule has 0 saturated carbocycles. The maximum atomic E-state index is 12.9. The fourth-order valence-corrected chi connectivity index (χ4v) is 5.38. The molecule has 1 fully saturated rings. The number of methoxy groups -OCH3 is 1. The molecule has 2 atom stereocenters. The third kappa shape index (κ3) is 5.96. The molecule has 3 aromatic heterocycles. The second kappa shape index (κ2) is 12.2. The Kier molecular flexibility index (Phi) is 8.92. The maximum absolute atomic E-state index is 12.9. The molecule has 15 heteroatoms. The van der Waals surface area contributed by atoms with E-state index in [0.29, 0.717) is 41.2 Å². The summed E-state index contributed by atoms with van der Waals surface area (Å²) >= 11 is 13.4. The molecule has 0 bridgehead atoms. The molecule has 3 N–H and O–H groups in total. The number of carbonyl (C=O) groups excluding carboxylic acids is 3. The van der Waals surface area contributed by atoms with Crippen molar-refractivity contribution in [2.24, 2.45) is 0 Å². The lowest BCUT2D eigenvalue weighted by atomic mass is 10.0. The van der Waals surface area contributed by atoms with Gasteiger partial charge in [0, 0.05) is 25.9 Å². The third-order valence-corrected chi connectivity index (χ3v) is 7.95. The van der Waals surface area contributed by atoms with Crippen molar-refractivity contribution in [2.75, 3.05) is 31.7 Å². The first-order valence-electron chi connectivity index (χ1n) is 11.7. The number of rotatable bonds is 9. The van der Waals surface area contributed by atoms with Crippen molar-refractivity contribution in [3.63, 3.8) is 0 Å². The van der Waals surface area contributed by atoms with Gasteiger partial charge < -0.3 is 34.4 Å². The van der Waals surface area contributed by atoms with Crippen LogP contribution in [0.25, 0.3) is 0 Å². The molecule has 2 amide bonds. The van der Waals surface area contributed by atoms with Crippen molar-refractivity contribution >= 4 is 57.5 Å². The molecule has 0 spiro atoms. The average molecular weight is 585 g/mol. The topological polar surface area (TPSA) is 152 Å². The number of aromatic nitrogens is 3. The Balaban J connectivity index is 1.48. The molecule has 1 aliphatic rings. The van der Waals surface area contributed by atoms with Gasteiger partial charge in [-0.3, -0.25) is 9.59 Å². The molecular weight excluding hydrogens is 559 g/mol. The number of piperidine rings is 1. The first kappa shape index (κ1) is 27.9. The molecule has 0 unspecified atom stereocenters. The number of H-pyrrole nitrogens is 1. The van der Waals surface area contributed by atoms with E-state index in [2.05, 4.69) is 25.6 Å². The Bertz CT molecular complexity index is 1310. The summed E-state index contributed by atoms with van der Waals surface area (Å²) in [4.78, 5) is 51.7. The van der Waals surface area contributed by atoms with Crippen molar-refractivity contribution in [1.82, 2.24) is 25.6 Å². The number of ether oxygens (including phenoxy) is 2. The SMILES string of the molecule is CCOC(=O)c1sc(N2CC[C@@H](NC(=O)c3[nH]c(C)c(Cl)c3Cl)[C@@H](OC)C2)nc1C(=O)NCc1ncco1. The highest BCUT2D eigenvalue weighted by atomic mass is 35.5. The zero-order chi connectivity index (χ0) is 27.4. The number of nitrogens with zero attached hydrogens (tertiary/aromatic N) is 3. The predicted octanol–water partition coefficient (Wildman–Crippen LogP) is 3.20. The Morgan fingerprint density at radius 2 is 2.08 bits per heavy atom. The molecular formula is C23H26Cl2N6O6S. The summed E-state index contributed by atoms with van der Waals surface area (Å²) in [6.45, 7) is 4.43. The molecule has 12 nitrogen and oxygen atoms in total. The number of aryl methyl sites for hydroxylation is 1. The van der Waals surface area contributed by atoms with E-state index in [1.54, 1.807) is 21.0 Å². The highest BCUT2D eigenvalue weighted by Gasteiger charge is 2.34. The summed E-state index contributed by atoms with van der Waals surface area (Å²) in [6, 6.07) is -0.324. The first-order valence-corrected chi connectivity index (χ1v) is 13.3. The number of aromatic amines is 1. The molecule has 0 radical (unpaired) electrons. The first-order chi connectivity index (χ1) is 18.2. The quantitative estimate of drug-likeness (QED) is 0.322. The van der Waals surface area contributed by atoms with Crippen LogP contribution in [0.3, 0.4) is 0 Å². The summed E-state index contributed by atoms with van der Waals surface area (Å²) in [5.74, 6) is -1.28. The smallest absolute Gasteiger partial charge is 0.350 e. The van der Waals surface area contributed by atoms with Crippen LogP contribution in [0.1, 0.15) is 55.6 Å². The van der Waals surface area contributed by atoms with Crippen molar-refractivity contribution < 1.29 is 28.3 Å². The number of hydrogen-bond acceptors (Lipinski definition) is 10. The van der Waals surface area contributed by atoms with Crippen molar-refractivity contribution in [3.8, 4) is 0 Å². The molecule has 204 valence electrons. The lowest BCUT2D eigenvalue weighted by molar-refractivity contribution is 0.0527. The van der Waals surface area contributed by atoms with Gasteiger partial charge in [0.15, 0.2) is 10.8 Å². The Morgan fingerprint density at radius 3 is 2.71 bits per heavy atom. The van der Waals surface area contributed by atoms with E-state index in [0.717, 1.165) is 11.3 Å². The number of halogens is 2. The van der Waals surface area contributed by atoms with Gasteiger partial charge >= 0.3 is 5.97 Å². The summed E-state index contributed by atoms with van der Waals surface area (Å²) < 4.78 is 15.9. The van der Waals surface area contributed by atoms with Gasteiger partial charge in [0.05, 0.1) is 41.5 Å². The summed E-state index contributed by atoms with van der Waals surface area (Å²) in [5.41, 5.74) is 0.736. The minimum atomic E-state index is -0.639. The van der Waals surface area contributed by atoms with Gasteiger partial charge in [-0.05, 0) is 20.3 Å². The summed E-state index contributed by atoms with van der Waals surface area (Å²) in [5, 5.41) is 6.53. The number of nitrogens with one attached hydrogen (secondary N) is 3. The van der Waals surface area contributed by atoms with E-state index >= 15 is 0 Å². The van der Waals surface area contributed by atoms with Crippen LogP contribution < -0.4 is 15.5 Å². The maximum Gasteiger partial charge on any atom is 0.350 e. The van der Waals surface area contributed by atoms with Crippen LogP contribution in [-0.2, 0) is 16.0 Å². The van der Waals surface area contributed by atoms with E-state index < -0.39 is 23.9 Å². The zero-order valence-corrected chi connectivity index (χ0v) is 23.1. The predicted molar refractivity (Wildman–Crippen MR) is 140 cm³/mol. The van der Waals surface area contributed by atoms with Crippen LogP contribution in [-0.4, -0.2) is 71.7 Å². The number of amides is 2. The largest absolute Gasteiger partial charge is 0.462 e. The van der Waals surface area contributed by atoms with Crippen LogP contribution in [0.4, 0.5) is 5.13 Å². The molecule has 4 rings (SSSR count). The van der Waals surface area contributed by atoms with Crippen molar-refractivity contribution in [1.29, 1.82) is 0 Å². The molecule has 4 heterocycles.